The predicted molar refractivity (Wildman–Crippen MR) is 222 cm³/mol. The van der Waals surface area contributed by atoms with Crippen molar-refractivity contribution in [1.82, 2.24) is 5.32 Å². The third-order valence-electron chi connectivity index (χ3n) is 10.4. The van der Waals surface area contributed by atoms with Gasteiger partial charge >= 0.3 is 0 Å². The predicted octanol–water partition coefficient (Wildman–Crippen LogP) is 4.24. The Hall–Kier alpha value is -4.20. The van der Waals surface area contributed by atoms with Crippen molar-refractivity contribution in [3.8, 4) is 12.3 Å². The second-order valence-corrected chi connectivity index (χ2v) is 21.0. The van der Waals surface area contributed by atoms with Crippen LogP contribution in [0.4, 0.5) is 11.4 Å². The second-order valence-electron chi connectivity index (χ2n) is 15.0. The molecule has 0 bridgehead atoms. The summed E-state index contributed by atoms with van der Waals surface area (Å²) in [6, 6.07) is 8.12. The molecule has 16 nitrogen and oxygen atoms in total. The minimum Gasteiger partial charge on any atom is -0.744 e. The van der Waals surface area contributed by atoms with Gasteiger partial charge < -0.3 is 14.8 Å². The fourth-order valence-corrected chi connectivity index (χ4v) is 9.59. The number of rotatable bonds is 20. The van der Waals surface area contributed by atoms with Crippen LogP contribution in [-0.4, -0.2) is 99.2 Å². The van der Waals surface area contributed by atoms with E-state index in [1.54, 1.807) is 35.0 Å². The normalized spacial score (nSPS) is 18.8. The van der Waals surface area contributed by atoms with Crippen molar-refractivity contribution in [1.29, 1.82) is 0 Å². The van der Waals surface area contributed by atoms with Crippen molar-refractivity contribution in [2.24, 2.45) is 0 Å². The van der Waals surface area contributed by atoms with E-state index < -0.39 is 67.7 Å². The molecular weight excluding hydrogens is 847 g/mol. The van der Waals surface area contributed by atoms with Gasteiger partial charge in [-0.1, -0.05) is 37.0 Å². The zero-order chi connectivity index (χ0) is 44.0. The molecule has 2 aliphatic heterocycles. The highest BCUT2D eigenvalue weighted by molar-refractivity contribution is 7.86. The maximum atomic E-state index is 12.2. The first-order valence-corrected chi connectivity index (χ1v) is 24.7. The summed E-state index contributed by atoms with van der Waals surface area (Å²) < 4.78 is 137. The number of carbonyl (C=O) groups excluding carboxylic acids is 1. The molecule has 0 fully saturated rings. The Kier molecular flexibility index (Phi) is 15.0. The van der Waals surface area contributed by atoms with Crippen molar-refractivity contribution in [3.63, 3.8) is 0 Å². The van der Waals surface area contributed by atoms with Crippen LogP contribution in [-0.2, 0) is 56.1 Å². The number of carbonyl (C=O) groups is 1. The minimum atomic E-state index is -4.85. The number of benzene rings is 2. The van der Waals surface area contributed by atoms with Crippen molar-refractivity contribution < 1.29 is 61.3 Å². The molecule has 0 spiro atoms. The molecule has 1 atom stereocenters. The number of unbranched alkanes of at least 4 members (excludes halogenated alkanes) is 2. The van der Waals surface area contributed by atoms with Gasteiger partial charge in [-0.2, -0.15) is 29.8 Å². The third-order valence-corrected chi connectivity index (χ3v) is 13.7. The molecule has 4 rings (SSSR count). The first-order chi connectivity index (χ1) is 27.3. The second kappa shape index (κ2) is 18.6. The summed E-state index contributed by atoms with van der Waals surface area (Å²) in [6.07, 6.45) is 16.3. The van der Waals surface area contributed by atoms with E-state index in [9.17, 15) is 56.7 Å². The molecule has 2 aliphatic rings. The summed E-state index contributed by atoms with van der Waals surface area (Å²) in [5, 5.41) is 2.62. The SMILES string of the molecule is C#CCNC(=O)CCCCCC1(C)C(=CC=CC=CC2=[N+](CCCS(=O)(=O)O)c3ccc(S(=O)(=O)O)cc3C2(C)C)N(CCCS(=O)(=O)O)c2ccc(S(=O)(=O)[O-])cc21. The number of nitrogens with one attached hydrogen (secondary N) is 1. The number of allylic oxidation sites excluding steroid dienone is 6. The van der Waals surface area contributed by atoms with Crippen LogP contribution in [0, 0.1) is 12.3 Å². The maximum absolute atomic E-state index is 12.2. The van der Waals surface area contributed by atoms with Gasteiger partial charge in [-0.15, -0.1) is 6.42 Å². The molecule has 20 heteroatoms. The van der Waals surface area contributed by atoms with E-state index in [2.05, 4.69) is 11.2 Å². The molecule has 0 aromatic heterocycles. The fraction of sp³-hybridized carbons (Fsp3) is 0.436. The molecule has 1 unspecified atom stereocenters. The van der Waals surface area contributed by atoms with Crippen LogP contribution in [0.2, 0.25) is 0 Å². The van der Waals surface area contributed by atoms with Crippen molar-refractivity contribution in [3.05, 3.63) is 83.6 Å². The van der Waals surface area contributed by atoms with E-state index in [1.165, 1.54) is 36.4 Å². The molecular formula is C39H49N3O13S4. The molecule has 0 aliphatic carbocycles. The summed E-state index contributed by atoms with van der Waals surface area (Å²) in [5.74, 6) is 1.09. The topological polar surface area (TPSA) is 256 Å². The van der Waals surface area contributed by atoms with Gasteiger partial charge in [0.05, 0.1) is 33.3 Å². The molecule has 0 radical (unpaired) electrons. The van der Waals surface area contributed by atoms with Crippen LogP contribution in [0.25, 0.3) is 0 Å². The lowest BCUT2D eigenvalue weighted by molar-refractivity contribution is -0.437. The highest BCUT2D eigenvalue weighted by Crippen LogP contribution is 2.51. The monoisotopic (exact) mass is 895 g/mol. The zero-order valence-electron chi connectivity index (χ0n) is 32.9. The maximum Gasteiger partial charge on any atom is 0.294 e. The summed E-state index contributed by atoms with van der Waals surface area (Å²) in [5.41, 5.74) is 1.75. The van der Waals surface area contributed by atoms with Gasteiger partial charge in [-0.05, 0) is 82.0 Å². The van der Waals surface area contributed by atoms with Crippen LogP contribution >= 0.6 is 0 Å². The Morgan fingerprint density at radius 3 is 2.12 bits per heavy atom. The molecule has 2 heterocycles. The van der Waals surface area contributed by atoms with Gasteiger partial charge in [-0.25, -0.2) is 8.42 Å². The van der Waals surface area contributed by atoms with Gasteiger partial charge in [0.15, 0.2) is 5.71 Å². The molecule has 59 heavy (non-hydrogen) atoms. The Balaban J connectivity index is 1.75. The van der Waals surface area contributed by atoms with E-state index >= 15 is 0 Å². The van der Waals surface area contributed by atoms with E-state index in [0.29, 0.717) is 59.6 Å². The molecule has 0 saturated heterocycles. The summed E-state index contributed by atoms with van der Waals surface area (Å²) in [7, 11) is -18.0. The molecule has 2 aromatic carbocycles. The van der Waals surface area contributed by atoms with Crippen LogP contribution in [0.15, 0.2) is 82.3 Å². The van der Waals surface area contributed by atoms with Gasteiger partial charge in [-0.3, -0.25) is 18.5 Å². The summed E-state index contributed by atoms with van der Waals surface area (Å²) in [4.78, 5) is 13.2. The summed E-state index contributed by atoms with van der Waals surface area (Å²) in [6.45, 7) is 5.90. The van der Waals surface area contributed by atoms with E-state index in [1.807, 2.05) is 25.7 Å². The number of hydrogen-bond donors (Lipinski definition) is 4. The van der Waals surface area contributed by atoms with Crippen LogP contribution in [0.1, 0.15) is 76.8 Å². The van der Waals surface area contributed by atoms with Gasteiger partial charge in [0.2, 0.25) is 11.6 Å². The number of fused-ring (bicyclic) bond motifs is 2. The lowest BCUT2D eigenvalue weighted by Crippen LogP contribution is -2.30. The smallest absolute Gasteiger partial charge is 0.294 e. The quantitative estimate of drug-likeness (QED) is 0.0477. The first-order valence-electron chi connectivity index (χ1n) is 18.6. The standard InChI is InChI=1S/C39H49N3O13S4/c1-5-22-40-37(43)16-10-7-11-21-39(4)32-28-30(59(53,54)55)18-20-34(32)42(24-13-26-57(47,48)49)36(39)15-9-6-8-14-35-38(2,3)31-27-29(58(50,51)52)17-19-33(31)41(35)23-12-25-56(44,45)46/h1,6,8-9,14-15,17-20,27-28H,7,10-13,16,21-26H2,2-4H3,(H4-,40,43,44,45,46,47,48,49,50,51,52,53,54,55). The van der Waals surface area contributed by atoms with E-state index in [4.69, 9.17) is 6.42 Å². The van der Waals surface area contributed by atoms with Crippen molar-refractivity contribution in [2.45, 2.75) is 86.3 Å². The molecule has 2 aromatic rings. The zero-order valence-corrected chi connectivity index (χ0v) is 36.1. The summed E-state index contributed by atoms with van der Waals surface area (Å²) >= 11 is 0. The lowest BCUT2D eigenvalue weighted by atomic mass is 9.77. The van der Waals surface area contributed by atoms with Gasteiger partial charge in [0, 0.05) is 53.9 Å². The van der Waals surface area contributed by atoms with Gasteiger partial charge in [0.1, 0.15) is 16.7 Å². The Morgan fingerprint density at radius 2 is 1.49 bits per heavy atom. The number of amides is 1. The fourth-order valence-electron chi connectivity index (χ4n) is 7.59. The van der Waals surface area contributed by atoms with Gasteiger partial charge in [0.25, 0.3) is 30.4 Å². The number of terminal acetylenes is 1. The molecule has 322 valence electrons. The number of anilines is 1. The Labute approximate surface area is 346 Å². The molecule has 4 N–H and O–H groups in total. The third kappa shape index (κ3) is 12.2. The largest absolute Gasteiger partial charge is 0.744 e. The highest BCUT2D eigenvalue weighted by atomic mass is 32.2. The minimum absolute atomic E-state index is 0.00433. The molecule has 0 saturated carbocycles. The van der Waals surface area contributed by atoms with Crippen molar-refractivity contribution in [2.75, 3.05) is 36.0 Å². The Bertz CT molecular complexity index is 2570. The number of hydrogen-bond acceptors (Lipinski definition) is 11. The highest BCUT2D eigenvalue weighted by Gasteiger charge is 2.45. The first kappa shape index (κ1) is 47.5. The van der Waals surface area contributed by atoms with Crippen LogP contribution < -0.4 is 10.2 Å². The Morgan fingerprint density at radius 1 is 0.847 bits per heavy atom. The molecule has 1 amide bonds. The van der Waals surface area contributed by atoms with Crippen LogP contribution in [0.3, 0.4) is 0 Å². The van der Waals surface area contributed by atoms with Crippen molar-refractivity contribution >= 4 is 63.5 Å². The number of nitrogens with zero attached hydrogens (tertiary/aromatic N) is 2. The lowest BCUT2D eigenvalue weighted by Gasteiger charge is -2.30. The van der Waals surface area contributed by atoms with E-state index in [-0.39, 0.29) is 49.7 Å². The average molecular weight is 896 g/mol. The van der Waals surface area contributed by atoms with Crippen LogP contribution in [0.5, 0.6) is 0 Å². The average Bonchev–Trinajstić information content (AvgIpc) is 3.47. The van der Waals surface area contributed by atoms with E-state index in [0.717, 1.165) is 0 Å².